The first-order valence-corrected chi connectivity index (χ1v) is 9.30. The van der Waals surface area contributed by atoms with Gasteiger partial charge in [-0.05, 0) is 58.8 Å². The van der Waals surface area contributed by atoms with Gasteiger partial charge < -0.3 is 15.3 Å². The van der Waals surface area contributed by atoms with Crippen molar-refractivity contribution in [3.05, 3.63) is 34.9 Å². The Morgan fingerprint density at radius 3 is 2.88 bits per heavy atom. The molecule has 1 amide bonds. The van der Waals surface area contributed by atoms with Crippen molar-refractivity contribution in [1.82, 2.24) is 10.2 Å². The van der Waals surface area contributed by atoms with Crippen molar-refractivity contribution in [1.29, 1.82) is 0 Å². The molecule has 1 fully saturated rings. The largest absolute Gasteiger partial charge is 0.387 e. The first-order valence-electron chi connectivity index (χ1n) is 8.92. The van der Waals surface area contributed by atoms with Crippen molar-refractivity contribution in [2.75, 3.05) is 20.6 Å². The van der Waals surface area contributed by atoms with Crippen LogP contribution in [0, 0.1) is 0 Å². The number of carbonyl (C=O) groups excluding carboxylic acids is 1. The van der Waals surface area contributed by atoms with E-state index in [1.807, 2.05) is 38.4 Å². The Hall–Kier alpha value is -1.43. The van der Waals surface area contributed by atoms with Crippen molar-refractivity contribution in [3.63, 3.8) is 0 Å². The number of hydrogen-bond acceptors (Lipinski definition) is 4. The normalized spacial score (nSPS) is 29.2. The second-order valence-electron chi connectivity index (χ2n) is 7.26. The quantitative estimate of drug-likeness (QED) is 0.844. The molecule has 1 aliphatic carbocycles. The van der Waals surface area contributed by atoms with E-state index in [9.17, 15) is 9.90 Å². The van der Waals surface area contributed by atoms with Crippen LogP contribution in [0.3, 0.4) is 0 Å². The Balaban J connectivity index is 1.95. The Kier molecular flexibility index (Phi) is 5.46. The first-order chi connectivity index (χ1) is 11.9. The summed E-state index contributed by atoms with van der Waals surface area (Å²) in [5.74, 6) is -0.0727. The Labute approximate surface area is 154 Å². The lowest BCUT2D eigenvalue weighted by Gasteiger charge is -2.45. The molecule has 3 atom stereocenters. The summed E-state index contributed by atoms with van der Waals surface area (Å²) in [6.07, 6.45) is 3.13. The van der Waals surface area contributed by atoms with Gasteiger partial charge in [0.15, 0.2) is 0 Å². The summed E-state index contributed by atoms with van der Waals surface area (Å²) < 4.78 is 0. The van der Waals surface area contributed by atoms with Gasteiger partial charge in [-0.25, -0.2) is 0 Å². The van der Waals surface area contributed by atoms with Gasteiger partial charge in [0, 0.05) is 10.6 Å². The summed E-state index contributed by atoms with van der Waals surface area (Å²) in [5, 5.41) is 14.4. The maximum atomic E-state index is 12.8. The molecule has 1 unspecified atom stereocenters. The van der Waals surface area contributed by atoms with E-state index >= 15 is 0 Å². The van der Waals surface area contributed by atoms with Crippen LogP contribution in [0.5, 0.6) is 0 Å². The van der Waals surface area contributed by atoms with Gasteiger partial charge in [-0.2, -0.15) is 0 Å². The molecular formula is C19H26ClN3O2. The number of nitrogens with zero attached hydrogens (tertiary/aromatic N) is 2. The molecule has 136 valence electrons. The highest BCUT2D eigenvalue weighted by Gasteiger charge is 2.49. The summed E-state index contributed by atoms with van der Waals surface area (Å²) >= 11 is 6.43. The predicted octanol–water partition coefficient (Wildman–Crippen LogP) is 2.36. The highest BCUT2D eigenvalue weighted by atomic mass is 35.5. The number of benzene rings is 1. The van der Waals surface area contributed by atoms with E-state index in [0.717, 1.165) is 24.9 Å². The van der Waals surface area contributed by atoms with Crippen LogP contribution in [-0.4, -0.2) is 54.4 Å². The third kappa shape index (κ3) is 3.59. The number of carbonyl (C=O) groups is 1. The van der Waals surface area contributed by atoms with E-state index in [1.165, 1.54) is 0 Å². The van der Waals surface area contributed by atoms with Gasteiger partial charge in [0.05, 0.1) is 11.8 Å². The van der Waals surface area contributed by atoms with Crippen LogP contribution in [0.15, 0.2) is 29.3 Å². The molecule has 0 spiro atoms. The van der Waals surface area contributed by atoms with Crippen LogP contribution in [0.1, 0.15) is 37.7 Å². The Morgan fingerprint density at radius 2 is 2.16 bits per heavy atom. The highest BCUT2D eigenvalue weighted by molar-refractivity contribution is 6.32. The maximum Gasteiger partial charge on any atom is 0.245 e. The van der Waals surface area contributed by atoms with Gasteiger partial charge in [0.2, 0.25) is 5.91 Å². The SMILES string of the molecule is CN(C)CCCC1N=C2[C@H](O)CCC[C@]2(c2ccccc2Cl)NC1=O. The lowest BCUT2D eigenvalue weighted by atomic mass is 9.72. The highest BCUT2D eigenvalue weighted by Crippen LogP contribution is 2.41. The number of rotatable bonds is 5. The minimum absolute atomic E-state index is 0.0727. The molecule has 1 aromatic rings. The van der Waals surface area contributed by atoms with Crippen molar-refractivity contribution < 1.29 is 9.90 Å². The summed E-state index contributed by atoms with van der Waals surface area (Å²) in [4.78, 5) is 19.6. The Bertz CT molecular complexity index is 676. The third-order valence-corrected chi connectivity index (χ3v) is 5.46. The monoisotopic (exact) mass is 363 g/mol. The molecule has 6 heteroatoms. The lowest BCUT2D eigenvalue weighted by molar-refractivity contribution is -0.124. The number of fused-ring (bicyclic) bond motifs is 1. The molecular weight excluding hydrogens is 338 g/mol. The number of halogens is 1. The topological polar surface area (TPSA) is 64.9 Å². The molecule has 25 heavy (non-hydrogen) atoms. The predicted molar refractivity (Wildman–Crippen MR) is 100 cm³/mol. The number of amides is 1. The van der Waals surface area contributed by atoms with Crippen LogP contribution in [-0.2, 0) is 10.3 Å². The van der Waals surface area contributed by atoms with Crippen molar-refractivity contribution in [2.24, 2.45) is 4.99 Å². The average molecular weight is 364 g/mol. The summed E-state index contributed by atoms with van der Waals surface area (Å²) in [6, 6.07) is 7.08. The van der Waals surface area contributed by atoms with Gasteiger partial charge in [-0.3, -0.25) is 9.79 Å². The van der Waals surface area contributed by atoms with Crippen LogP contribution in [0.2, 0.25) is 5.02 Å². The van der Waals surface area contributed by atoms with E-state index in [2.05, 4.69) is 10.2 Å². The number of aliphatic hydroxyl groups is 1. The number of hydrogen-bond donors (Lipinski definition) is 2. The van der Waals surface area contributed by atoms with Crippen LogP contribution >= 0.6 is 11.6 Å². The molecule has 0 aromatic heterocycles. The second-order valence-corrected chi connectivity index (χ2v) is 7.67. The van der Waals surface area contributed by atoms with Gasteiger partial charge in [0.1, 0.15) is 11.6 Å². The van der Waals surface area contributed by atoms with Gasteiger partial charge >= 0.3 is 0 Å². The molecule has 2 N–H and O–H groups in total. The molecule has 1 aromatic carbocycles. The fourth-order valence-electron chi connectivity index (χ4n) is 3.90. The molecule has 1 saturated carbocycles. The fraction of sp³-hybridized carbons (Fsp3) is 0.579. The minimum atomic E-state index is -0.773. The standard InChI is InChI=1S/C19H26ClN3O2/c1-23(2)12-6-9-15-18(25)22-19(13-7-3-4-8-14(13)20)11-5-10-16(24)17(19)21-15/h3-4,7-8,15-16,24H,5-6,9-12H2,1-2H3,(H,22,25)/t15?,16-,19-/m1/s1. The molecule has 1 heterocycles. The maximum absolute atomic E-state index is 12.8. The Morgan fingerprint density at radius 1 is 1.40 bits per heavy atom. The summed E-state index contributed by atoms with van der Waals surface area (Å²) in [6.45, 7) is 0.910. The molecule has 0 radical (unpaired) electrons. The van der Waals surface area contributed by atoms with E-state index in [4.69, 9.17) is 16.6 Å². The van der Waals surface area contributed by atoms with E-state index in [1.54, 1.807) is 0 Å². The summed E-state index contributed by atoms with van der Waals surface area (Å²) in [5.41, 5.74) is 0.723. The second kappa shape index (κ2) is 7.44. The summed E-state index contributed by atoms with van der Waals surface area (Å²) in [7, 11) is 4.03. The average Bonchev–Trinajstić information content (AvgIpc) is 2.56. The van der Waals surface area contributed by atoms with Crippen LogP contribution < -0.4 is 5.32 Å². The van der Waals surface area contributed by atoms with Gasteiger partial charge in [-0.1, -0.05) is 29.8 Å². The van der Waals surface area contributed by atoms with Crippen molar-refractivity contribution >= 4 is 23.2 Å². The van der Waals surface area contributed by atoms with E-state index in [0.29, 0.717) is 30.0 Å². The molecule has 3 rings (SSSR count). The van der Waals surface area contributed by atoms with Gasteiger partial charge in [0.25, 0.3) is 0 Å². The first kappa shape index (κ1) is 18.4. The van der Waals surface area contributed by atoms with Crippen LogP contribution in [0.25, 0.3) is 0 Å². The number of aliphatic imine (C=N–C) groups is 1. The number of nitrogens with one attached hydrogen (secondary N) is 1. The molecule has 0 bridgehead atoms. The van der Waals surface area contributed by atoms with E-state index < -0.39 is 17.7 Å². The smallest absolute Gasteiger partial charge is 0.245 e. The molecule has 5 nitrogen and oxygen atoms in total. The zero-order valence-corrected chi connectivity index (χ0v) is 15.6. The fourth-order valence-corrected chi connectivity index (χ4v) is 4.19. The van der Waals surface area contributed by atoms with Crippen LogP contribution in [0.4, 0.5) is 0 Å². The lowest BCUT2D eigenvalue weighted by Crippen LogP contribution is -2.62. The van der Waals surface area contributed by atoms with E-state index in [-0.39, 0.29) is 5.91 Å². The zero-order valence-electron chi connectivity index (χ0n) is 14.8. The third-order valence-electron chi connectivity index (χ3n) is 5.13. The van der Waals surface area contributed by atoms with Gasteiger partial charge in [-0.15, -0.1) is 0 Å². The number of aliphatic hydroxyl groups excluding tert-OH is 1. The molecule has 1 aliphatic heterocycles. The minimum Gasteiger partial charge on any atom is -0.387 e. The van der Waals surface area contributed by atoms with Crippen molar-refractivity contribution in [3.8, 4) is 0 Å². The molecule has 2 aliphatic rings. The zero-order chi connectivity index (χ0) is 18.0. The van der Waals surface area contributed by atoms with Crippen molar-refractivity contribution in [2.45, 2.75) is 49.8 Å². The molecule has 0 saturated heterocycles.